The zero-order valence-corrected chi connectivity index (χ0v) is 12.1. The Kier molecular flexibility index (Phi) is 6.99. The van der Waals surface area contributed by atoms with Gasteiger partial charge in [0.1, 0.15) is 0 Å². The summed E-state index contributed by atoms with van der Waals surface area (Å²) in [5.74, 6) is 1.16. The molecule has 1 aromatic carbocycles. The Morgan fingerprint density at radius 1 is 0.778 bits per heavy atom. The van der Waals surface area contributed by atoms with E-state index in [1.54, 1.807) is 0 Å². The van der Waals surface area contributed by atoms with Crippen LogP contribution in [0, 0.1) is 11.8 Å². The highest BCUT2D eigenvalue weighted by atomic mass is 16.5. The molecule has 0 heterocycles. The van der Waals surface area contributed by atoms with Crippen molar-refractivity contribution in [3.8, 4) is 0 Å². The molecule has 1 rings (SSSR count). The topological polar surface area (TPSA) is 18.5 Å². The predicted molar refractivity (Wildman–Crippen MR) is 75.4 cm³/mol. The highest BCUT2D eigenvalue weighted by Gasteiger charge is 2.03. The summed E-state index contributed by atoms with van der Waals surface area (Å²) in [6.07, 6.45) is 0. The van der Waals surface area contributed by atoms with Gasteiger partial charge in [0.25, 0.3) is 0 Å². The molecule has 0 aliphatic heterocycles. The van der Waals surface area contributed by atoms with Crippen molar-refractivity contribution in [1.29, 1.82) is 0 Å². The quantitative estimate of drug-likeness (QED) is 0.693. The summed E-state index contributed by atoms with van der Waals surface area (Å²) in [5, 5.41) is 0. The number of ether oxygens (including phenoxy) is 2. The third-order valence-electron chi connectivity index (χ3n) is 2.54. The lowest BCUT2D eigenvalue weighted by Gasteiger charge is -2.12. The number of hydrogen-bond acceptors (Lipinski definition) is 2. The molecule has 1 aromatic rings. The van der Waals surface area contributed by atoms with Gasteiger partial charge in [0.15, 0.2) is 0 Å². The molecule has 2 heteroatoms. The number of benzene rings is 1. The fourth-order valence-corrected chi connectivity index (χ4v) is 1.65. The SMILES string of the molecule is CC(C)COCc1ccccc1COCC(C)C. The maximum Gasteiger partial charge on any atom is 0.0720 e. The van der Waals surface area contributed by atoms with Crippen LogP contribution in [0.3, 0.4) is 0 Å². The first-order valence-corrected chi connectivity index (χ1v) is 6.82. The van der Waals surface area contributed by atoms with E-state index >= 15 is 0 Å². The summed E-state index contributed by atoms with van der Waals surface area (Å²) in [7, 11) is 0. The standard InChI is InChI=1S/C16H26O2/c1-13(2)9-17-11-15-7-5-6-8-16(15)12-18-10-14(3)4/h5-8,13-14H,9-12H2,1-4H3. The Morgan fingerprint density at radius 3 is 1.50 bits per heavy atom. The van der Waals surface area contributed by atoms with Crippen LogP contribution in [0.5, 0.6) is 0 Å². The first kappa shape index (κ1) is 15.2. The van der Waals surface area contributed by atoms with Crippen LogP contribution in [0.2, 0.25) is 0 Å². The molecule has 0 bridgehead atoms. The zero-order valence-electron chi connectivity index (χ0n) is 12.1. The summed E-state index contributed by atoms with van der Waals surface area (Å²) >= 11 is 0. The van der Waals surface area contributed by atoms with Crippen LogP contribution in [0.25, 0.3) is 0 Å². The lowest BCUT2D eigenvalue weighted by atomic mass is 10.1. The van der Waals surface area contributed by atoms with Crippen molar-refractivity contribution in [2.75, 3.05) is 13.2 Å². The van der Waals surface area contributed by atoms with Gasteiger partial charge in [-0.05, 0) is 23.0 Å². The van der Waals surface area contributed by atoms with Gasteiger partial charge in [-0.15, -0.1) is 0 Å². The summed E-state index contributed by atoms with van der Waals surface area (Å²) in [4.78, 5) is 0. The Labute approximate surface area is 111 Å². The lowest BCUT2D eigenvalue weighted by Crippen LogP contribution is -2.06. The van der Waals surface area contributed by atoms with E-state index in [1.807, 2.05) is 0 Å². The monoisotopic (exact) mass is 250 g/mol. The van der Waals surface area contributed by atoms with Gasteiger partial charge in [0.05, 0.1) is 13.2 Å². The molecule has 0 aliphatic rings. The summed E-state index contributed by atoms with van der Waals surface area (Å²) in [6, 6.07) is 8.35. The summed E-state index contributed by atoms with van der Waals surface area (Å²) in [6.45, 7) is 11.6. The summed E-state index contributed by atoms with van der Waals surface area (Å²) in [5.41, 5.74) is 2.48. The molecule has 0 unspecified atom stereocenters. The molecule has 0 amide bonds. The van der Waals surface area contributed by atoms with Crippen molar-refractivity contribution in [3.05, 3.63) is 35.4 Å². The fraction of sp³-hybridized carbons (Fsp3) is 0.625. The Balaban J connectivity index is 2.45. The highest BCUT2D eigenvalue weighted by molar-refractivity contribution is 5.25. The van der Waals surface area contributed by atoms with E-state index in [9.17, 15) is 0 Å². The van der Waals surface area contributed by atoms with Crippen molar-refractivity contribution in [1.82, 2.24) is 0 Å². The molecule has 0 aliphatic carbocycles. The van der Waals surface area contributed by atoms with E-state index in [4.69, 9.17) is 9.47 Å². The third-order valence-corrected chi connectivity index (χ3v) is 2.54. The van der Waals surface area contributed by atoms with Crippen molar-refractivity contribution in [3.63, 3.8) is 0 Å². The molecule has 0 saturated carbocycles. The van der Waals surface area contributed by atoms with Crippen molar-refractivity contribution in [2.45, 2.75) is 40.9 Å². The van der Waals surface area contributed by atoms with Gasteiger partial charge in [-0.1, -0.05) is 52.0 Å². The van der Waals surface area contributed by atoms with Crippen LogP contribution in [-0.2, 0) is 22.7 Å². The minimum Gasteiger partial charge on any atom is -0.376 e. The highest BCUT2D eigenvalue weighted by Crippen LogP contribution is 2.12. The van der Waals surface area contributed by atoms with Gasteiger partial charge in [-0.2, -0.15) is 0 Å². The van der Waals surface area contributed by atoms with Gasteiger partial charge in [-0.3, -0.25) is 0 Å². The van der Waals surface area contributed by atoms with Gasteiger partial charge in [0.2, 0.25) is 0 Å². The molecular formula is C16H26O2. The maximum atomic E-state index is 5.69. The Hall–Kier alpha value is -0.860. The minimum atomic E-state index is 0.578. The normalized spacial score (nSPS) is 11.4. The molecule has 18 heavy (non-hydrogen) atoms. The molecule has 0 radical (unpaired) electrons. The molecule has 2 nitrogen and oxygen atoms in total. The second-order valence-electron chi connectivity index (χ2n) is 5.59. The van der Waals surface area contributed by atoms with E-state index in [0.29, 0.717) is 25.0 Å². The zero-order chi connectivity index (χ0) is 13.4. The van der Waals surface area contributed by atoms with Crippen molar-refractivity contribution in [2.24, 2.45) is 11.8 Å². The predicted octanol–water partition coefficient (Wildman–Crippen LogP) is 4.03. The van der Waals surface area contributed by atoms with Crippen LogP contribution in [0.4, 0.5) is 0 Å². The van der Waals surface area contributed by atoms with Crippen LogP contribution in [0.1, 0.15) is 38.8 Å². The van der Waals surface area contributed by atoms with Gasteiger partial charge < -0.3 is 9.47 Å². The fourth-order valence-electron chi connectivity index (χ4n) is 1.65. The smallest absolute Gasteiger partial charge is 0.0720 e. The molecule has 0 fully saturated rings. The average Bonchev–Trinajstić information content (AvgIpc) is 2.30. The van der Waals surface area contributed by atoms with Crippen molar-refractivity contribution >= 4 is 0 Å². The van der Waals surface area contributed by atoms with Crippen LogP contribution in [0.15, 0.2) is 24.3 Å². The molecule has 0 atom stereocenters. The van der Waals surface area contributed by atoms with Crippen LogP contribution >= 0.6 is 0 Å². The van der Waals surface area contributed by atoms with Gasteiger partial charge >= 0.3 is 0 Å². The number of hydrogen-bond donors (Lipinski definition) is 0. The van der Waals surface area contributed by atoms with Gasteiger partial charge in [-0.25, -0.2) is 0 Å². The Bertz CT molecular complexity index is 299. The van der Waals surface area contributed by atoms with E-state index in [1.165, 1.54) is 11.1 Å². The average molecular weight is 250 g/mol. The molecular weight excluding hydrogens is 224 g/mol. The van der Waals surface area contributed by atoms with E-state index in [-0.39, 0.29) is 0 Å². The minimum absolute atomic E-state index is 0.578. The van der Waals surface area contributed by atoms with Crippen molar-refractivity contribution < 1.29 is 9.47 Å². The second-order valence-corrected chi connectivity index (χ2v) is 5.59. The van der Waals surface area contributed by atoms with E-state index < -0.39 is 0 Å². The van der Waals surface area contributed by atoms with Crippen LogP contribution in [-0.4, -0.2) is 13.2 Å². The van der Waals surface area contributed by atoms with Gasteiger partial charge in [0, 0.05) is 13.2 Å². The Morgan fingerprint density at radius 2 is 1.17 bits per heavy atom. The molecule has 0 aromatic heterocycles. The molecule has 0 spiro atoms. The molecule has 0 saturated heterocycles. The first-order valence-electron chi connectivity index (χ1n) is 6.82. The molecule has 102 valence electrons. The molecule has 0 N–H and O–H groups in total. The third kappa shape index (κ3) is 6.18. The number of rotatable bonds is 8. The largest absolute Gasteiger partial charge is 0.376 e. The van der Waals surface area contributed by atoms with E-state index in [2.05, 4.69) is 52.0 Å². The second kappa shape index (κ2) is 8.28. The first-order chi connectivity index (χ1) is 8.59. The maximum absolute atomic E-state index is 5.69. The van der Waals surface area contributed by atoms with Crippen LogP contribution < -0.4 is 0 Å². The lowest BCUT2D eigenvalue weighted by molar-refractivity contribution is 0.0848. The van der Waals surface area contributed by atoms with E-state index in [0.717, 1.165) is 13.2 Å². The summed E-state index contributed by atoms with van der Waals surface area (Å²) < 4.78 is 11.4.